The SMILES string of the molecule is FC(F)c1c(Br)ccnc1Br. The molecule has 1 aromatic heterocycles. The van der Waals surface area contributed by atoms with Gasteiger partial charge in [0, 0.05) is 10.7 Å². The molecule has 1 aromatic rings. The topological polar surface area (TPSA) is 12.9 Å². The quantitative estimate of drug-likeness (QED) is 0.720. The zero-order valence-corrected chi connectivity index (χ0v) is 8.36. The maximum atomic E-state index is 12.2. The van der Waals surface area contributed by atoms with E-state index in [-0.39, 0.29) is 10.2 Å². The van der Waals surface area contributed by atoms with Gasteiger partial charge in [0.2, 0.25) is 0 Å². The lowest BCUT2D eigenvalue weighted by Gasteiger charge is -2.03. The van der Waals surface area contributed by atoms with Crippen molar-refractivity contribution < 1.29 is 8.78 Å². The summed E-state index contributed by atoms with van der Waals surface area (Å²) in [7, 11) is 0. The van der Waals surface area contributed by atoms with E-state index in [1.54, 1.807) is 0 Å². The van der Waals surface area contributed by atoms with Crippen LogP contribution < -0.4 is 0 Å². The van der Waals surface area contributed by atoms with E-state index < -0.39 is 6.43 Å². The van der Waals surface area contributed by atoms with Gasteiger partial charge in [0.15, 0.2) is 0 Å². The molecule has 60 valence electrons. The molecule has 0 aliphatic rings. The molecule has 0 bridgehead atoms. The first-order valence-corrected chi connectivity index (χ1v) is 4.29. The van der Waals surface area contributed by atoms with Gasteiger partial charge in [-0.2, -0.15) is 0 Å². The van der Waals surface area contributed by atoms with E-state index in [2.05, 4.69) is 36.8 Å². The van der Waals surface area contributed by atoms with Gasteiger partial charge in [0.1, 0.15) is 4.60 Å². The molecule has 0 saturated carbocycles. The van der Waals surface area contributed by atoms with Crippen molar-refractivity contribution in [2.75, 3.05) is 0 Å². The Balaban J connectivity index is 3.21. The highest BCUT2D eigenvalue weighted by atomic mass is 79.9. The van der Waals surface area contributed by atoms with Crippen molar-refractivity contribution in [2.24, 2.45) is 0 Å². The predicted octanol–water partition coefficient (Wildman–Crippen LogP) is 3.54. The Morgan fingerprint density at radius 2 is 2.00 bits per heavy atom. The highest BCUT2D eigenvalue weighted by Crippen LogP contribution is 2.31. The number of rotatable bonds is 1. The summed E-state index contributed by atoms with van der Waals surface area (Å²) in [5.41, 5.74) is -0.104. The summed E-state index contributed by atoms with van der Waals surface area (Å²) < 4.78 is 24.9. The van der Waals surface area contributed by atoms with E-state index in [9.17, 15) is 8.78 Å². The lowest BCUT2D eigenvalue weighted by molar-refractivity contribution is 0.149. The largest absolute Gasteiger partial charge is 0.267 e. The molecule has 0 aliphatic heterocycles. The normalized spacial score (nSPS) is 10.6. The maximum Gasteiger partial charge on any atom is 0.267 e. The second-order valence-corrected chi connectivity index (χ2v) is 3.40. The van der Waals surface area contributed by atoms with Crippen LogP contribution in [0.25, 0.3) is 0 Å². The van der Waals surface area contributed by atoms with Crippen LogP contribution >= 0.6 is 31.9 Å². The summed E-state index contributed by atoms with van der Waals surface area (Å²) in [4.78, 5) is 3.67. The standard InChI is InChI=1S/C6H3Br2F2N/c7-3-1-2-11-5(8)4(3)6(9)10/h1-2,6H. The number of halogens is 4. The molecular formula is C6H3Br2F2N. The second kappa shape index (κ2) is 3.58. The van der Waals surface area contributed by atoms with Gasteiger partial charge in [-0.1, -0.05) is 15.9 Å². The highest BCUT2D eigenvalue weighted by molar-refractivity contribution is 9.11. The Kier molecular flexibility index (Phi) is 2.95. The van der Waals surface area contributed by atoms with E-state index in [1.165, 1.54) is 12.3 Å². The molecule has 1 nitrogen and oxygen atoms in total. The fourth-order valence-electron chi connectivity index (χ4n) is 0.620. The summed E-state index contributed by atoms with van der Waals surface area (Å²) in [6.07, 6.45) is -1.06. The Hall–Kier alpha value is -0.0300. The third-order valence-electron chi connectivity index (χ3n) is 1.11. The smallest absolute Gasteiger partial charge is 0.249 e. The lowest BCUT2D eigenvalue weighted by atomic mass is 10.3. The van der Waals surface area contributed by atoms with Crippen molar-refractivity contribution in [1.29, 1.82) is 0 Å². The predicted molar refractivity (Wildman–Crippen MR) is 44.6 cm³/mol. The molecule has 0 atom stereocenters. The molecule has 0 fully saturated rings. The molecule has 5 heteroatoms. The molecule has 0 aromatic carbocycles. The molecule has 0 aliphatic carbocycles. The van der Waals surface area contributed by atoms with E-state index in [0.717, 1.165) is 0 Å². The van der Waals surface area contributed by atoms with Gasteiger partial charge in [-0.3, -0.25) is 0 Å². The van der Waals surface area contributed by atoms with Gasteiger partial charge < -0.3 is 0 Å². The molecule has 11 heavy (non-hydrogen) atoms. The van der Waals surface area contributed by atoms with Crippen molar-refractivity contribution in [3.63, 3.8) is 0 Å². The van der Waals surface area contributed by atoms with Gasteiger partial charge in [0.05, 0.1) is 5.56 Å². The van der Waals surface area contributed by atoms with Crippen molar-refractivity contribution in [1.82, 2.24) is 4.98 Å². The third kappa shape index (κ3) is 1.96. The fourth-order valence-corrected chi connectivity index (χ4v) is 1.87. The van der Waals surface area contributed by atoms with E-state index in [4.69, 9.17) is 0 Å². The highest BCUT2D eigenvalue weighted by Gasteiger charge is 2.15. The molecule has 1 heterocycles. The fraction of sp³-hybridized carbons (Fsp3) is 0.167. The van der Waals surface area contributed by atoms with E-state index in [1.807, 2.05) is 0 Å². The monoisotopic (exact) mass is 285 g/mol. The average molecular weight is 287 g/mol. The van der Waals surface area contributed by atoms with Gasteiger partial charge >= 0.3 is 0 Å². The van der Waals surface area contributed by atoms with Crippen LogP contribution in [0.2, 0.25) is 0 Å². The summed E-state index contributed by atoms with van der Waals surface area (Å²) >= 11 is 5.92. The van der Waals surface area contributed by atoms with Crippen LogP contribution in [-0.2, 0) is 0 Å². The molecular weight excluding hydrogens is 284 g/mol. The summed E-state index contributed by atoms with van der Waals surface area (Å²) in [6, 6.07) is 1.48. The van der Waals surface area contributed by atoms with Crippen molar-refractivity contribution in [3.05, 3.63) is 26.9 Å². The second-order valence-electron chi connectivity index (χ2n) is 1.80. The van der Waals surface area contributed by atoms with Gasteiger partial charge in [-0.05, 0) is 22.0 Å². The van der Waals surface area contributed by atoms with Crippen LogP contribution in [-0.4, -0.2) is 4.98 Å². The number of pyridine rings is 1. The van der Waals surface area contributed by atoms with Crippen molar-refractivity contribution >= 4 is 31.9 Å². The van der Waals surface area contributed by atoms with E-state index in [0.29, 0.717) is 4.47 Å². The van der Waals surface area contributed by atoms with Crippen LogP contribution in [0.5, 0.6) is 0 Å². The third-order valence-corrected chi connectivity index (χ3v) is 2.43. The van der Waals surface area contributed by atoms with Crippen molar-refractivity contribution in [3.8, 4) is 0 Å². The number of nitrogens with zero attached hydrogens (tertiary/aromatic N) is 1. The molecule has 0 amide bonds. The van der Waals surface area contributed by atoms with Gasteiger partial charge in [-0.15, -0.1) is 0 Å². The van der Waals surface area contributed by atoms with Gasteiger partial charge in [-0.25, -0.2) is 13.8 Å². The number of hydrogen-bond donors (Lipinski definition) is 0. The zero-order valence-electron chi connectivity index (χ0n) is 5.19. The molecule has 1 rings (SSSR count). The molecule has 0 unspecified atom stereocenters. The van der Waals surface area contributed by atoms with E-state index >= 15 is 0 Å². The Labute approximate surface area is 79.1 Å². The minimum atomic E-state index is -2.51. The minimum Gasteiger partial charge on any atom is -0.249 e. The number of alkyl halides is 2. The summed E-state index contributed by atoms with van der Waals surface area (Å²) in [5, 5.41) is 0. The van der Waals surface area contributed by atoms with Crippen LogP contribution in [0.1, 0.15) is 12.0 Å². The number of aromatic nitrogens is 1. The molecule has 0 radical (unpaired) electrons. The molecule has 0 spiro atoms. The molecule has 0 saturated heterocycles. The summed E-state index contributed by atoms with van der Waals surface area (Å²) in [6.45, 7) is 0. The minimum absolute atomic E-state index is 0.104. The first kappa shape index (κ1) is 9.06. The Morgan fingerprint density at radius 1 is 1.36 bits per heavy atom. The maximum absolute atomic E-state index is 12.2. The van der Waals surface area contributed by atoms with Crippen LogP contribution in [0.15, 0.2) is 21.3 Å². The number of hydrogen-bond acceptors (Lipinski definition) is 1. The Morgan fingerprint density at radius 3 is 2.36 bits per heavy atom. The van der Waals surface area contributed by atoms with Crippen LogP contribution in [0.4, 0.5) is 8.78 Å². The van der Waals surface area contributed by atoms with Gasteiger partial charge in [0.25, 0.3) is 6.43 Å². The lowest BCUT2D eigenvalue weighted by Crippen LogP contribution is -1.90. The first-order chi connectivity index (χ1) is 5.13. The van der Waals surface area contributed by atoms with Crippen LogP contribution in [0.3, 0.4) is 0 Å². The first-order valence-electron chi connectivity index (χ1n) is 2.71. The summed E-state index contributed by atoms with van der Waals surface area (Å²) in [5.74, 6) is 0. The molecule has 0 N–H and O–H groups in total. The average Bonchev–Trinajstić information content (AvgIpc) is 1.85. The van der Waals surface area contributed by atoms with Crippen molar-refractivity contribution in [2.45, 2.75) is 6.43 Å². The zero-order chi connectivity index (χ0) is 8.43. The van der Waals surface area contributed by atoms with Crippen LogP contribution in [0, 0.1) is 0 Å². The Bertz CT molecular complexity index is 245.